The van der Waals surface area contributed by atoms with E-state index in [0.717, 1.165) is 18.9 Å². The van der Waals surface area contributed by atoms with Gasteiger partial charge in [0.2, 0.25) is 0 Å². The molecule has 1 heterocycles. The Morgan fingerprint density at radius 1 is 1.20 bits per heavy atom. The molecule has 1 fully saturated rings. The van der Waals surface area contributed by atoms with Crippen molar-refractivity contribution in [1.29, 1.82) is 0 Å². The lowest BCUT2D eigenvalue weighted by molar-refractivity contribution is -0.133. The number of halogens is 2. The fraction of sp³-hybridized carbons (Fsp3) is 0.385. The Bertz CT molecular complexity index is 543. The number of ether oxygens (including phenoxy) is 1. The number of nitrogens with two attached hydrogens (primary N) is 1. The van der Waals surface area contributed by atoms with Gasteiger partial charge in [0.1, 0.15) is 11.6 Å². The quantitative estimate of drug-likeness (QED) is 0.671. The van der Waals surface area contributed by atoms with Gasteiger partial charge < -0.3 is 15.4 Å². The number of esters is 1. The first-order valence-corrected chi connectivity index (χ1v) is 6.18. The minimum atomic E-state index is -1.07. The molecule has 1 aromatic carbocycles. The van der Waals surface area contributed by atoms with Crippen molar-refractivity contribution in [1.82, 2.24) is 4.90 Å². The number of nitrogens with zero attached hydrogens (tertiary/aromatic N) is 1. The average molecular weight is 284 g/mol. The standard InChI is InChI=1S/C13H14F2N2O3/c14-9-6-10(15)11(16)5-8(9)13(19)20-7-12(18)17-3-1-2-4-17/h5-6H,1-4,7,16H2. The molecular weight excluding hydrogens is 270 g/mol. The van der Waals surface area contributed by atoms with Gasteiger partial charge in [-0.3, -0.25) is 4.79 Å². The Balaban J connectivity index is 1.98. The minimum absolute atomic E-state index is 0.327. The monoisotopic (exact) mass is 284 g/mol. The zero-order valence-electron chi connectivity index (χ0n) is 10.7. The summed E-state index contributed by atoms with van der Waals surface area (Å²) in [4.78, 5) is 24.9. The first-order chi connectivity index (χ1) is 9.49. The topological polar surface area (TPSA) is 72.6 Å². The van der Waals surface area contributed by atoms with Crippen molar-refractivity contribution in [3.63, 3.8) is 0 Å². The van der Waals surface area contributed by atoms with E-state index in [1.807, 2.05) is 0 Å². The van der Waals surface area contributed by atoms with Crippen molar-refractivity contribution < 1.29 is 23.1 Å². The molecule has 0 saturated carbocycles. The zero-order valence-corrected chi connectivity index (χ0v) is 10.7. The number of carbonyl (C=O) groups excluding carboxylic acids is 2. The fourth-order valence-corrected chi connectivity index (χ4v) is 1.99. The van der Waals surface area contributed by atoms with Crippen LogP contribution in [0.5, 0.6) is 0 Å². The van der Waals surface area contributed by atoms with Crippen LogP contribution in [0.1, 0.15) is 23.2 Å². The van der Waals surface area contributed by atoms with E-state index in [0.29, 0.717) is 19.2 Å². The zero-order chi connectivity index (χ0) is 14.7. The van der Waals surface area contributed by atoms with Gasteiger partial charge in [0.15, 0.2) is 6.61 Å². The molecule has 1 aliphatic heterocycles. The fourth-order valence-electron chi connectivity index (χ4n) is 1.99. The van der Waals surface area contributed by atoms with Gasteiger partial charge in [-0.05, 0) is 18.9 Å². The lowest BCUT2D eigenvalue weighted by atomic mass is 10.2. The Labute approximate surface area is 114 Å². The van der Waals surface area contributed by atoms with Gasteiger partial charge in [0.25, 0.3) is 5.91 Å². The van der Waals surface area contributed by atoms with Crippen molar-refractivity contribution >= 4 is 17.6 Å². The summed E-state index contributed by atoms with van der Waals surface area (Å²) < 4.78 is 31.1. The number of nitrogen functional groups attached to an aromatic ring is 1. The summed E-state index contributed by atoms with van der Waals surface area (Å²) >= 11 is 0. The number of hydrogen-bond acceptors (Lipinski definition) is 4. The molecule has 0 aliphatic carbocycles. The van der Waals surface area contributed by atoms with Crippen LogP contribution in [0.25, 0.3) is 0 Å². The van der Waals surface area contributed by atoms with E-state index in [1.165, 1.54) is 0 Å². The molecule has 2 rings (SSSR count). The molecule has 0 bridgehead atoms. The van der Waals surface area contributed by atoms with Gasteiger partial charge in [-0.25, -0.2) is 13.6 Å². The predicted molar refractivity (Wildman–Crippen MR) is 66.9 cm³/mol. The van der Waals surface area contributed by atoms with Crippen LogP contribution in [0, 0.1) is 11.6 Å². The summed E-state index contributed by atoms with van der Waals surface area (Å²) in [5, 5.41) is 0. The van der Waals surface area contributed by atoms with E-state index in [-0.39, 0.29) is 11.6 Å². The van der Waals surface area contributed by atoms with Crippen molar-refractivity contribution in [3.05, 3.63) is 29.3 Å². The van der Waals surface area contributed by atoms with Crippen molar-refractivity contribution in [3.8, 4) is 0 Å². The molecule has 108 valence electrons. The molecule has 1 saturated heterocycles. The molecule has 0 aromatic heterocycles. The molecule has 0 unspecified atom stereocenters. The van der Waals surface area contributed by atoms with Crippen LogP contribution in [0.3, 0.4) is 0 Å². The van der Waals surface area contributed by atoms with Gasteiger partial charge in [-0.2, -0.15) is 0 Å². The van der Waals surface area contributed by atoms with E-state index in [2.05, 4.69) is 0 Å². The highest BCUT2D eigenvalue weighted by Crippen LogP contribution is 2.17. The Morgan fingerprint density at radius 2 is 1.85 bits per heavy atom. The average Bonchev–Trinajstić information content (AvgIpc) is 2.94. The molecule has 2 N–H and O–H groups in total. The molecule has 7 heteroatoms. The second-order valence-corrected chi connectivity index (χ2v) is 4.52. The number of hydrogen-bond donors (Lipinski definition) is 1. The maximum Gasteiger partial charge on any atom is 0.341 e. The third kappa shape index (κ3) is 3.04. The van der Waals surface area contributed by atoms with Crippen LogP contribution in [-0.4, -0.2) is 36.5 Å². The largest absolute Gasteiger partial charge is 0.452 e. The van der Waals surface area contributed by atoms with Crippen molar-refractivity contribution in [2.75, 3.05) is 25.4 Å². The van der Waals surface area contributed by atoms with Gasteiger partial charge in [0.05, 0.1) is 11.3 Å². The summed E-state index contributed by atoms with van der Waals surface area (Å²) in [5.74, 6) is -3.39. The Hall–Kier alpha value is -2.18. The number of rotatable bonds is 3. The molecular formula is C13H14F2N2O3. The summed E-state index contributed by atoms with van der Waals surface area (Å²) in [5.41, 5.74) is 4.41. The molecule has 1 amide bonds. The number of benzene rings is 1. The van der Waals surface area contributed by atoms with Crippen LogP contribution < -0.4 is 5.73 Å². The van der Waals surface area contributed by atoms with E-state index < -0.39 is 29.8 Å². The molecule has 1 aromatic rings. The Morgan fingerprint density at radius 3 is 2.50 bits per heavy atom. The second kappa shape index (κ2) is 5.85. The van der Waals surface area contributed by atoms with Crippen LogP contribution in [0.2, 0.25) is 0 Å². The highest BCUT2D eigenvalue weighted by molar-refractivity contribution is 5.92. The lowest BCUT2D eigenvalue weighted by Crippen LogP contribution is -2.32. The Kier molecular flexibility index (Phi) is 4.16. The first-order valence-electron chi connectivity index (χ1n) is 6.18. The smallest absolute Gasteiger partial charge is 0.341 e. The molecule has 0 spiro atoms. The van der Waals surface area contributed by atoms with Crippen LogP contribution in [0.15, 0.2) is 12.1 Å². The van der Waals surface area contributed by atoms with Crippen LogP contribution in [-0.2, 0) is 9.53 Å². The predicted octanol–water partition coefficient (Wildman–Crippen LogP) is 1.33. The molecule has 1 aliphatic rings. The highest BCUT2D eigenvalue weighted by atomic mass is 19.1. The van der Waals surface area contributed by atoms with E-state index in [9.17, 15) is 18.4 Å². The maximum absolute atomic E-state index is 13.4. The van der Waals surface area contributed by atoms with Crippen molar-refractivity contribution in [2.24, 2.45) is 0 Å². The SMILES string of the molecule is Nc1cc(C(=O)OCC(=O)N2CCCC2)c(F)cc1F. The van der Waals surface area contributed by atoms with Gasteiger partial charge >= 0.3 is 5.97 Å². The van der Waals surface area contributed by atoms with Crippen LogP contribution >= 0.6 is 0 Å². The van der Waals surface area contributed by atoms with Gasteiger partial charge in [-0.15, -0.1) is 0 Å². The van der Waals surface area contributed by atoms with E-state index in [4.69, 9.17) is 10.5 Å². The summed E-state index contributed by atoms with van der Waals surface area (Å²) in [6.45, 7) is 0.804. The summed E-state index contributed by atoms with van der Waals surface area (Å²) in [6.07, 6.45) is 1.84. The molecule has 0 atom stereocenters. The van der Waals surface area contributed by atoms with E-state index >= 15 is 0 Å². The summed E-state index contributed by atoms with van der Waals surface area (Å²) in [6, 6.07) is 1.36. The lowest BCUT2D eigenvalue weighted by Gasteiger charge is -2.15. The minimum Gasteiger partial charge on any atom is -0.452 e. The maximum atomic E-state index is 13.4. The third-order valence-electron chi connectivity index (χ3n) is 3.09. The second-order valence-electron chi connectivity index (χ2n) is 4.52. The summed E-state index contributed by atoms with van der Waals surface area (Å²) in [7, 11) is 0. The van der Waals surface area contributed by atoms with E-state index in [1.54, 1.807) is 4.90 Å². The number of carbonyl (C=O) groups is 2. The van der Waals surface area contributed by atoms with Crippen molar-refractivity contribution in [2.45, 2.75) is 12.8 Å². The molecule has 5 nitrogen and oxygen atoms in total. The number of anilines is 1. The normalized spacial score (nSPS) is 14.4. The number of amides is 1. The molecule has 20 heavy (non-hydrogen) atoms. The third-order valence-corrected chi connectivity index (χ3v) is 3.09. The molecule has 0 radical (unpaired) electrons. The first kappa shape index (κ1) is 14.2. The van der Waals surface area contributed by atoms with Gasteiger partial charge in [0, 0.05) is 19.2 Å². The highest BCUT2D eigenvalue weighted by Gasteiger charge is 2.21. The van der Waals surface area contributed by atoms with Crippen LogP contribution in [0.4, 0.5) is 14.5 Å². The van der Waals surface area contributed by atoms with Gasteiger partial charge in [-0.1, -0.05) is 0 Å². The number of likely N-dealkylation sites (tertiary alicyclic amines) is 1.